The number of oxime groups is 1. The van der Waals surface area contributed by atoms with Gasteiger partial charge in [0.05, 0.1) is 0 Å². The topological polar surface area (TPSA) is 87.6 Å². The first-order chi connectivity index (χ1) is 10.1. The van der Waals surface area contributed by atoms with Gasteiger partial charge in [0.25, 0.3) is 0 Å². The van der Waals surface area contributed by atoms with Gasteiger partial charge in [-0.05, 0) is 19.4 Å². The fraction of sp³-hybridized carbons (Fsp3) is 0.267. The molecular formula is C15H19N5O. The van der Waals surface area contributed by atoms with Crippen LogP contribution < -0.4 is 10.6 Å². The Hall–Kier alpha value is -2.63. The number of nitrogens with two attached hydrogens (primary N) is 1. The lowest BCUT2D eigenvalue weighted by Gasteiger charge is -2.29. The van der Waals surface area contributed by atoms with Crippen LogP contribution in [0.4, 0.5) is 5.82 Å². The fourth-order valence-electron chi connectivity index (χ4n) is 2.05. The molecule has 110 valence electrons. The SMILES string of the molecule is CC(C)N(Cc1ccccc1)c1nccnc1C(N)=NO. The van der Waals surface area contributed by atoms with Gasteiger partial charge in [0.15, 0.2) is 17.3 Å². The molecule has 0 aliphatic carbocycles. The van der Waals surface area contributed by atoms with E-state index in [1.165, 1.54) is 6.20 Å². The summed E-state index contributed by atoms with van der Waals surface area (Å²) in [7, 11) is 0. The number of hydrogen-bond acceptors (Lipinski definition) is 5. The molecule has 0 bridgehead atoms. The van der Waals surface area contributed by atoms with E-state index >= 15 is 0 Å². The van der Waals surface area contributed by atoms with E-state index < -0.39 is 0 Å². The Morgan fingerprint density at radius 3 is 2.52 bits per heavy atom. The lowest BCUT2D eigenvalue weighted by Crippen LogP contribution is -2.33. The molecule has 0 radical (unpaired) electrons. The van der Waals surface area contributed by atoms with Gasteiger partial charge in [-0.3, -0.25) is 0 Å². The molecule has 21 heavy (non-hydrogen) atoms. The summed E-state index contributed by atoms with van der Waals surface area (Å²) in [4.78, 5) is 10.6. The monoisotopic (exact) mass is 285 g/mol. The van der Waals surface area contributed by atoms with Crippen molar-refractivity contribution in [3.63, 3.8) is 0 Å². The second-order valence-electron chi connectivity index (χ2n) is 4.92. The highest BCUT2D eigenvalue weighted by atomic mass is 16.4. The van der Waals surface area contributed by atoms with Crippen LogP contribution >= 0.6 is 0 Å². The summed E-state index contributed by atoms with van der Waals surface area (Å²) < 4.78 is 0. The normalized spacial score (nSPS) is 11.7. The minimum atomic E-state index is -0.0446. The van der Waals surface area contributed by atoms with Crippen molar-refractivity contribution in [1.82, 2.24) is 9.97 Å². The highest BCUT2D eigenvalue weighted by Gasteiger charge is 2.19. The quantitative estimate of drug-likeness (QED) is 0.379. The maximum absolute atomic E-state index is 8.90. The molecule has 0 aliphatic rings. The Morgan fingerprint density at radius 2 is 1.90 bits per heavy atom. The summed E-state index contributed by atoms with van der Waals surface area (Å²) >= 11 is 0. The summed E-state index contributed by atoms with van der Waals surface area (Å²) in [5, 5.41) is 11.9. The number of anilines is 1. The molecule has 0 aliphatic heterocycles. The fourth-order valence-corrected chi connectivity index (χ4v) is 2.05. The van der Waals surface area contributed by atoms with Gasteiger partial charge >= 0.3 is 0 Å². The van der Waals surface area contributed by atoms with Gasteiger partial charge < -0.3 is 15.8 Å². The van der Waals surface area contributed by atoms with Gasteiger partial charge in [-0.1, -0.05) is 35.5 Å². The summed E-state index contributed by atoms with van der Waals surface area (Å²) in [6, 6.07) is 10.3. The predicted octanol–water partition coefficient (Wildman–Crippen LogP) is 1.99. The Balaban J connectivity index is 2.40. The molecule has 2 rings (SSSR count). The van der Waals surface area contributed by atoms with E-state index in [1.807, 2.05) is 18.2 Å². The molecule has 1 aromatic carbocycles. The standard InChI is InChI=1S/C15H19N5O/c1-11(2)20(10-12-6-4-3-5-7-12)15-13(14(16)19-21)17-8-9-18-15/h3-9,11,21H,10H2,1-2H3,(H2,16,19). The van der Waals surface area contributed by atoms with E-state index in [0.717, 1.165) is 5.56 Å². The van der Waals surface area contributed by atoms with Crippen molar-refractivity contribution in [3.8, 4) is 0 Å². The first-order valence-corrected chi connectivity index (χ1v) is 6.73. The number of rotatable bonds is 5. The van der Waals surface area contributed by atoms with Crippen LogP contribution in [-0.2, 0) is 6.54 Å². The van der Waals surface area contributed by atoms with Gasteiger partial charge in [-0.25, -0.2) is 9.97 Å². The maximum Gasteiger partial charge on any atom is 0.192 e. The maximum atomic E-state index is 8.90. The van der Waals surface area contributed by atoms with Crippen molar-refractivity contribution in [2.24, 2.45) is 10.9 Å². The number of nitrogens with zero attached hydrogens (tertiary/aromatic N) is 4. The van der Waals surface area contributed by atoms with E-state index in [-0.39, 0.29) is 11.9 Å². The molecule has 6 heteroatoms. The molecule has 0 amide bonds. The number of aromatic nitrogens is 2. The molecule has 0 saturated carbocycles. The van der Waals surface area contributed by atoms with Crippen molar-refractivity contribution in [1.29, 1.82) is 0 Å². The molecular weight excluding hydrogens is 266 g/mol. The third kappa shape index (κ3) is 3.47. The molecule has 0 fully saturated rings. The van der Waals surface area contributed by atoms with Crippen LogP contribution in [0.25, 0.3) is 0 Å². The Morgan fingerprint density at radius 1 is 1.24 bits per heavy atom. The van der Waals surface area contributed by atoms with E-state index in [2.05, 4.69) is 46.0 Å². The third-order valence-corrected chi connectivity index (χ3v) is 3.12. The first kappa shape index (κ1) is 14.8. The molecule has 2 aromatic rings. The van der Waals surface area contributed by atoms with E-state index in [0.29, 0.717) is 18.1 Å². The predicted molar refractivity (Wildman–Crippen MR) is 82.3 cm³/mol. The first-order valence-electron chi connectivity index (χ1n) is 6.73. The minimum Gasteiger partial charge on any atom is -0.409 e. The number of benzene rings is 1. The van der Waals surface area contributed by atoms with Crippen molar-refractivity contribution >= 4 is 11.7 Å². The highest BCUT2D eigenvalue weighted by molar-refractivity contribution is 5.99. The van der Waals surface area contributed by atoms with Crippen LogP contribution in [0.5, 0.6) is 0 Å². The van der Waals surface area contributed by atoms with E-state index in [1.54, 1.807) is 6.20 Å². The van der Waals surface area contributed by atoms with Crippen molar-refractivity contribution in [2.75, 3.05) is 4.90 Å². The number of amidine groups is 1. The van der Waals surface area contributed by atoms with Crippen molar-refractivity contribution < 1.29 is 5.21 Å². The van der Waals surface area contributed by atoms with Crippen LogP contribution in [0.1, 0.15) is 25.1 Å². The Kier molecular flexibility index (Phi) is 4.71. The van der Waals surface area contributed by atoms with Crippen LogP contribution in [-0.4, -0.2) is 27.1 Å². The lowest BCUT2D eigenvalue weighted by atomic mass is 10.2. The van der Waals surface area contributed by atoms with E-state index in [4.69, 9.17) is 10.9 Å². The summed E-state index contributed by atoms with van der Waals surface area (Å²) in [6.07, 6.45) is 3.13. The molecule has 0 spiro atoms. The molecule has 0 atom stereocenters. The van der Waals surface area contributed by atoms with Gasteiger partial charge in [-0.15, -0.1) is 0 Å². The molecule has 3 N–H and O–H groups in total. The Bertz CT molecular complexity index is 612. The van der Waals surface area contributed by atoms with Crippen LogP contribution in [0, 0.1) is 0 Å². The summed E-state index contributed by atoms with van der Waals surface area (Å²) in [5.74, 6) is 0.559. The average molecular weight is 285 g/mol. The minimum absolute atomic E-state index is 0.0446. The second kappa shape index (κ2) is 6.69. The van der Waals surface area contributed by atoms with Crippen LogP contribution in [0.15, 0.2) is 47.9 Å². The van der Waals surface area contributed by atoms with Gasteiger partial charge in [0.1, 0.15) is 0 Å². The lowest BCUT2D eigenvalue weighted by molar-refractivity contribution is 0.318. The number of hydrogen-bond donors (Lipinski definition) is 2. The summed E-state index contributed by atoms with van der Waals surface area (Å²) in [6.45, 7) is 4.80. The van der Waals surface area contributed by atoms with Crippen LogP contribution in [0.2, 0.25) is 0 Å². The molecule has 0 unspecified atom stereocenters. The average Bonchev–Trinajstić information content (AvgIpc) is 2.52. The third-order valence-electron chi connectivity index (χ3n) is 3.12. The molecule has 1 aromatic heterocycles. The molecule has 1 heterocycles. The smallest absolute Gasteiger partial charge is 0.192 e. The second-order valence-corrected chi connectivity index (χ2v) is 4.92. The van der Waals surface area contributed by atoms with Gasteiger partial charge in [0.2, 0.25) is 0 Å². The van der Waals surface area contributed by atoms with Gasteiger partial charge in [0, 0.05) is 25.0 Å². The highest BCUT2D eigenvalue weighted by Crippen LogP contribution is 2.20. The Labute approximate surface area is 123 Å². The van der Waals surface area contributed by atoms with Gasteiger partial charge in [-0.2, -0.15) is 0 Å². The van der Waals surface area contributed by atoms with Crippen molar-refractivity contribution in [3.05, 3.63) is 54.0 Å². The molecule has 0 saturated heterocycles. The largest absolute Gasteiger partial charge is 0.409 e. The van der Waals surface area contributed by atoms with Crippen molar-refractivity contribution in [2.45, 2.75) is 26.4 Å². The zero-order chi connectivity index (χ0) is 15.2. The molecule has 6 nitrogen and oxygen atoms in total. The summed E-state index contributed by atoms with van der Waals surface area (Å²) in [5.41, 5.74) is 7.23. The zero-order valence-corrected chi connectivity index (χ0v) is 12.1. The zero-order valence-electron chi connectivity index (χ0n) is 12.1. The van der Waals surface area contributed by atoms with Crippen LogP contribution in [0.3, 0.4) is 0 Å². The van der Waals surface area contributed by atoms with E-state index in [9.17, 15) is 0 Å².